The van der Waals surface area contributed by atoms with Crippen molar-refractivity contribution in [2.75, 3.05) is 31.1 Å². The maximum Gasteiger partial charge on any atom is 0.132 e. The summed E-state index contributed by atoms with van der Waals surface area (Å²) in [6.45, 7) is 11.9. The normalized spacial score (nSPS) is 16.4. The van der Waals surface area contributed by atoms with Gasteiger partial charge in [0.15, 0.2) is 0 Å². The number of aromatic nitrogens is 2. The van der Waals surface area contributed by atoms with Gasteiger partial charge in [-0.2, -0.15) is 0 Å². The largest absolute Gasteiger partial charge is 0.354 e. The molecule has 0 spiro atoms. The van der Waals surface area contributed by atoms with E-state index >= 15 is 0 Å². The zero-order valence-corrected chi connectivity index (χ0v) is 15.1. The van der Waals surface area contributed by atoms with Gasteiger partial charge in [0.1, 0.15) is 12.1 Å². The standard InChI is InChI=1S/C20H28N4/c1-4-20(2,3)18-14-19(22-16-21-18)24-12-10-23(11-13-24)15-17-8-6-5-7-9-17/h5-9,14,16H,4,10-13,15H2,1-3H3. The predicted octanol–water partition coefficient (Wildman–Crippen LogP) is 3.49. The van der Waals surface area contributed by atoms with Crippen molar-refractivity contribution >= 4 is 5.82 Å². The minimum atomic E-state index is 0.104. The smallest absolute Gasteiger partial charge is 0.132 e. The third-order valence-electron chi connectivity index (χ3n) is 5.18. The zero-order valence-electron chi connectivity index (χ0n) is 15.1. The van der Waals surface area contributed by atoms with Gasteiger partial charge in [0, 0.05) is 44.2 Å². The highest BCUT2D eigenvalue weighted by molar-refractivity contribution is 5.41. The van der Waals surface area contributed by atoms with Crippen LogP contribution in [0.2, 0.25) is 0 Å². The van der Waals surface area contributed by atoms with E-state index in [0.717, 1.165) is 50.7 Å². The van der Waals surface area contributed by atoms with Crippen LogP contribution in [-0.2, 0) is 12.0 Å². The lowest BCUT2D eigenvalue weighted by Crippen LogP contribution is -2.46. The molecule has 1 aliphatic heterocycles. The van der Waals surface area contributed by atoms with E-state index < -0.39 is 0 Å². The Balaban J connectivity index is 1.62. The molecule has 0 saturated carbocycles. The second kappa shape index (κ2) is 7.31. The summed E-state index contributed by atoms with van der Waals surface area (Å²) in [7, 11) is 0. The van der Waals surface area contributed by atoms with Crippen LogP contribution >= 0.6 is 0 Å². The van der Waals surface area contributed by atoms with Crippen LogP contribution in [0.1, 0.15) is 38.4 Å². The first-order valence-corrected chi connectivity index (χ1v) is 8.92. The van der Waals surface area contributed by atoms with Gasteiger partial charge in [-0.1, -0.05) is 51.1 Å². The fraction of sp³-hybridized carbons (Fsp3) is 0.500. The first-order chi connectivity index (χ1) is 11.6. The number of rotatable bonds is 5. The monoisotopic (exact) mass is 324 g/mol. The first-order valence-electron chi connectivity index (χ1n) is 8.92. The molecule has 1 saturated heterocycles. The molecule has 0 amide bonds. The van der Waals surface area contributed by atoms with Crippen molar-refractivity contribution < 1.29 is 0 Å². The van der Waals surface area contributed by atoms with Crippen LogP contribution in [0.4, 0.5) is 5.82 Å². The van der Waals surface area contributed by atoms with Crippen molar-refractivity contribution in [3.8, 4) is 0 Å². The SMILES string of the molecule is CCC(C)(C)c1cc(N2CCN(Cc3ccccc3)CC2)ncn1. The van der Waals surface area contributed by atoms with Gasteiger partial charge in [-0.3, -0.25) is 4.90 Å². The van der Waals surface area contributed by atoms with E-state index in [0.29, 0.717) is 0 Å². The molecular weight excluding hydrogens is 296 g/mol. The van der Waals surface area contributed by atoms with Crippen LogP contribution in [0.25, 0.3) is 0 Å². The Labute approximate surface area is 145 Å². The van der Waals surface area contributed by atoms with E-state index in [2.05, 4.69) is 76.9 Å². The van der Waals surface area contributed by atoms with Crippen molar-refractivity contribution in [3.05, 3.63) is 54.0 Å². The van der Waals surface area contributed by atoms with Gasteiger partial charge in [-0.15, -0.1) is 0 Å². The summed E-state index contributed by atoms with van der Waals surface area (Å²) in [5.41, 5.74) is 2.63. The third-order valence-corrected chi connectivity index (χ3v) is 5.18. The summed E-state index contributed by atoms with van der Waals surface area (Å²) in [6, 6.07) is 12.9. The van der Waals surface area contributed by atoms with E-state index in [9.17, 15) is 0 Å². The van der Waals surface area contributed by atoms with Crippen LogP contribution in [0.5, 0.6) is 0 Å². The number of hydrogen-bond donors (Lipinski definition) is 0. The summed E-state index contributed by atoms with van der Waals surface area (Å²) in [6.07, 6.45) is 2.80. The summed E-state index contributed by atoms with van der Waals surface area (Å²) in [5.74, 6) is 1.07. The van der Waals surface area contributed by atoms with Crippen molar-refractivity contribution in [3.63, 3.8) is 0 Å². The summed E-state index contributed by atoms with van der Waals surface area (Å²) >= 11 is 0. The highest BCUT2D eigenvalue weighted by Crippen LogP contribution is 2.27. The van der Waals surface area contributed by atoms with E-state index in [1.165, 1.54) is 5.56 Å². The molecule has 0 radical (unpaired) electrons. The molecule has 2 heterocycles. The zero-order chi connectivity index (χ0) is 17.0. The summed E-state index contributed by atoms with van der Waals surface area (Å²) in [5, 5.41) is 0. The Morgan fingerprint density at radius 2 is 1.71 bits per heavy atom. The van der Waals surface area contributed by atoms with Crippen LogP contribution < -0.4 is 4.90 Å². The van der Waals surface area contributed by atoms with E-state index in [-0.39, 0.29) is 5.41 Å². The number of anilines is 1. The average molecular weight is 324 g/mol. The molecule has 0 unspecified atom stereocenters. The van der Waals surface area contributed by atoms with Gasteiger partial charge in [0.05, 0.1) is 5.69 Å². The summed E-state index contributed by atoms with van der Waals surface area (Å²) < 4.78 is 0. The van der Waals surface area contributed by atoms with Gasteiger partial charge in [0.2, 0.25) is 0 Å². The molecule has 1 aromatic heterocycles. The molecule has 4 heteroatoms. The van der Waals surface area contributed by atoms with Gasteiger partial charge in [0.25, 0.3) is 0 Å². The van der Waals surface area contributed by atoms with E-state index in [4.69, 9.17) is 0 Å². The molecule has 3 rings (SSSR count). The molecule has 24 heavy (non-hydrogen) atoms. The summed E-state index contributed by atoms with van der Waals surface area (Å²) in [4.78, 5) is 13.9. The number of nitrogens with zero attached hydrogens (tertiary/aromatic N) is 4. The highest BCUT2D eigenvalue weighted by atomic mass is 15.3. The maximum atomic E-state index is 4.52. The lowest BCUT2D eigenvalue weighted by Gasteiger charge is -2.35. The van der Waals surface area contributed by atoms with Crippen LogP contribution in [0.3, 0.4) is 0 Å². The minimum absolute atomic E-state index is 0.104. The number of benzene rings is 1. The van der Waals surface area contributed by atoms with Gasteiger partial charge >= 0.3 is 0 Å². The maximum absolute atomic E-state index is 4.52. The Kier molecular flexibility index (Phi) is 5.14. The molecule has 0 atom stereocenters. The Bertz CT molecular complexity index is 646. The van der Waals surface area contributed by atoms with Gasteiger partial charge in [-0.25, -0.2) is 9.97 Å². The molecule has 128 valence electrons. The molecule has 0 N–H and O–H groups in total. The quantitative estimate of drug-likeness (QED) is 0.843. The molecule has 2 aromatic rings. The van der Waals surface area contributed by atoms with E-state index in [1.54, 1.807) is 6.33 Å². The van der Waals surface area contributed by atoms with Crippen molar-refractivity contribution in [1.82, 2.24) is 14.9 Å². The fourth-order valence-corrected chi connectivity index (χ4v) is 3.05. The third kappa shape index (κ3) is 3.93. The Morgan fingerprint density at radius 1 is 1.00 bits per heavy atom. The lowest BCUT2D eigenvalue weighted by atomic mass is 9.86. The minimum Gasteiger partial charge on any atom is -0.354 e. The van der Waals surface area contributed by atoms with Crippen molar-refractivity contribution in [2.24, 2.45) is 0 Å². The first kappa shape index (κ1) is 16.9. The molecule has 4 nitrogen and oxygen atoms in total. The molecule has 0 aliphatic carbocycles. The van der Waals surface area contributed by atoms with Gasteiger partial charge in [-0.05, 0) is 12.0 Å². The topological polar surface area (TPSA) is 32.3 Å². The van der Waals surface area contributed by atoms with Crippen LogP contribution in [-0.4, -0.2) is 41.0 Å². The number of piperazine rings is 1. The Hall–Kier alpha value is -1.94. The highest BCUT2D eigenvalue weighted by Gasteiger charge is 2.23. The molecule has 0 bridgehead atoms. The second-order valence-electron chi connectivity index (χ2n) is 7.25. The lowest BCUT2D eigenvalue weighted by molar-refractivity contribution is 0.249. The molecule has 1 fully saturated rings. The molecule has 1 aromatic carbocycles. The second-order valence-corrected chi connectivity index (χ2v) is 7.25. The van der Waals surface area contributed by atoms with Crippen molar-refractivity contribution in [1.29, 1.82) is 0 Å². The average Bonchev–Trinajstić information content (AvgIpc) is 2.63. The number of hydrogen-bond acceptors (Lipinski definition) is 4. The van der Waals surface area contributed by atoms with Crippen LogP contribution in [0.15, 0.2) is 42.7 Å². The molecule has 1 aliphatic rings. The fourth-order valence-electron chi connectivity index (χ4n) is 3.05. The Morgan fingerprint density at radius 3 is 2.38 bits per heavy atom. The van der Waals surface area contributed by atoms with Crippen LogP contribution in [0, 0.1) is 0 Å². The van der Waals surface area contributed by atoms with E-state index in [1.807, 2.05) is 0 Å². The molecular formula is C20H28N4. The van der Waals surface area contributed by atoms with Gasteiger partial charge < -0.3 is 4.90 Å². The van der Waals surface area contributed by atoms with Crippen molar-refractivity contribution in [2.45, 2.75) is 39.2 Å². The predicted molar refractivity (Wildman–Crippen MR) is 99.3 cm³/mol.